The molecule has 1 aromatic rings. The van der Waals surface area contributed by atoms with Crippen LogP contribution < -0.4 is 9.47 Å². The number of likely N-dealkylation sites (N-methyl/N-ethyl adjacent to an activating group) is 1. The Morgan fingerprint density at radius 2 is 2.14 bits per heavy atom. The summed E-state index contributed by atoms with van der Waals surface area (Å²) in [5, 5.41) is 0. The van der Waals surface area contributed by atoms with Gasteiger partial charge in [0.2, 0.25) is 5.91 Å². The standard InChI is InChI=1S/C22H35N3O3/c1-5-24-10-6-7-18(14-24)13-23(3)22(26)16-25-12-17(2)28-21-11-20(27-4)9-8-19(21)15-25/h8-9,11,17-18H,5-7,10,12-16H2,1-4H3. The van der Waals surface area contributed by atoms with Gasteiger partial charge in [0, 0.05) is 44.9 Å². The van der Waals surface area contributed by atoms with Gasteiger partial charge in [-0.15, -0.1) is 0 Å². The molecule has 0 saturated carbocycles. The first-order chi connectivity index (χ1) is 13.5. The average molecular weight is 390 g/mol. The fraction of sp³-hybridized carbons (Fsp3) is 0.682. The predicted octanol–water partition coefficient (Wildman–Crippen LogP) is 2.47. The monoisotopic (exact) mass is 389 g/mol. The van der Waals surface area contributed by atoms with Crippen molar-refractivity contribution in [2.24, 2.45) is 5.92 Å². The van der Waals surface area contributed by atoms with Crippen molar-refractivity contribution in [1.29, 1.82) is 0 Å². The van der Waals surface area contributed by atoms with E-state index in [0.29, 0.717) is 12.5 Å². The average Bonchev–Trinajstić information content (AvgIpc) is 2.84. The summed E-state index contributed by atoms with van der Waals surface area (Å²) < 4.78 is 11.4. The molecule has 0 radical (unpaired) electrons. The number of rotatable bonds is 6. The maximum Gasteiger partial charge on any atom is 0.236 e. The highest BCUT2D eigenvalue weighted by Gasteiger charge is 2.25. The minimum absolute atomic E-state index is 0.0305. The van der Waals surface area contributed by atoms with Crippen LogP contribution in [0.4, 0.5) is 0 Å². The van der Waals surface area contributed by atoms with Gasteiger partial charge in [0.1, 0.15) is 17.6 Å². The number of carbonyl (C=O) groups excluding carboxylic acids is 1. The minimum Gasteiger partial charge on any atom is -0.497 e. The number of nitrogens with zero attached hydrogens (tertiary/aromatic N) is 3. The predicted molar refractivity (Wildman–Crippen MR) is 111 cm³/mol. The summed E-state index contributed by atoms with van der Waals surface area (Å²) in [7, 11) is 3.61. The van der Waals surface area contributed by atoms with Crippen molar-refractivity contribution in [3.63, 3.8) is 0 Å². The Labute approximate surface area is 169 Å². The highest BCUT2D eigenvalue weighted by atomic mass is 16.5. The number of piperidine rings is 1. The van der Waals surface area contributed by atoms with Crippen LogP contribution in [0.15, 0.2) is 18.2 Å². The van der Waals surface area contributed by atoms with Crippen LogP contribution in [-0.4, -0.2) is 80.1 Å². The van der Waals surface area contributed by atoms with Crippen LogP contribution in [0, 0.1) is 5.92 Å². The Balaban J connectivity index is 1.58. The lowest BCUT2D eigenvalue weighted by Gasteiger charge is -2.34. The maximum absolute atomic E-state index is 12.9. The van der Waals surface area contributed by atoms with E-state index in [1.54, 1.807) is 7.11 Å². The third kappa shape index (κ3) is 5.39. The van der Waals surface area contributed by atoms with E-state index in [-0.39, 0.29) is 12.0 Å². The number of likely N-dealkylation sites (tertiary alicyclic amines) is 1. The van der Waals surface area contributed by atoms with Crippen molar-refractivity contribution in [3.8, 4) is 11.5 Å². The number of ether oxygens (including phenoxy) is 2. The number of amides is 1. The lowest BCUT2D eigenvalue weighted by molar-refractivity contribution is -0.132. The van der Waals surface area contributed by atoms with Crippen molar-refractivity contribution in [2.75, 3.05) is 53.4 Å². The van der Waals surface area contributed by atoms with Gasteiger partial charge < -0.3 is 19.3 Å². The maximum atomic E-state index is 12.9. The quantitative estimate of drug-likeness (QED) is 0.748. The highest BCUT2D eigenvalue weighted by Crippen LogP contribution is 2.29. The largest absolute Gasteiger partial charge is 0.497 e. The fourth-order valence-electron chi connectivity index (χ4n) is 4.33. The SMILES string of the molecule is CCN1CCCC(CN(C)C(=O)CN2Cc3ccc(OC)cc3OC(C)C2)C1. The molecule has 2 aliphatic heterocycles. The number of benzene rings is 1. The van der Waals surface area contributed by atoms with Crippen LogP contribution >= 0.6 is 0 Å². The topological polar surface area (TPSA) is 45.2 Å². The molecule has 0 aliphatic carbocycles. The Morgan fingerprint density at radius 1 is 1.32 bits per heavy atom. The molecular formula is C22H35N3O3. The summed E-state index contributed by atoms with van der Waals surface area (Å²) in [6.07, 6.45) is 2.49. The van der Waals surface area contributed by atoms with Crippen LogP contribution in [0.1, 0.15) is 32.3 Å². The van der Waals surface area contributed by atoms with Crippen LogP contribution in [0.2, 0.25) is 0 Å². The Kier molecular flexibility index (Phi) is 7.18. The molecule has 6 heteroatoms. The van der Waals surface area contributed by atoms with E-state index in [9.17, 15) is 4.79 Å². The molecule has 1 amide bonds. The molecule has 2 atom stereocenters. The van der Waals surface area contributed by atoms with Crippen molar-refractivity contribution in [2.45, 2.75) is 39.3 Å². The zero-order valence-electron chi connectivity index (χ0n) is 17.8. The zero-order valence-corrected chi connectivity index (χ0v) is 17.8. The molecule has 2 heterocycles. The molecule has 6 nitrogen and oxygen atoms in total. The Hall–Kier alpha value is -1.79. The van der Waals surface area contributed by atoms with Gasteiger partial charge in [-0.3, -0.25) is 9.69 Å². The van der Waals surface area contributed by atoms with Crippen molar-refractivity contribution in [1.82, 2.24) is 14.7 Å². The molecule has 1 saturated heterocycles. The molecule has 2 aliphatic rings. The van der Waals surface area contributed by atoms with E-state index in [1.807, 2.05) is 30.1 Å². The Morgan fingerprint density at radius 3 is 2.89 bits per heavy atom. The van der Waals surface area contributed by atoms with Gasteiger partial charge in [-0.05, 0) is 44.8 Å². The van der Waals surface area contributed by atoms with Crippen LogP contribution in [0.25, 0.3) is 0 Å². The van der Waals surface area contributed by atoms with Crippen LogP contribution in [0.3, 0.4) is 0 Å². The third-order valence-corrected chi connectivity index (χ3v) is 5.88. The molecular weight excluding hydrogens is 354 g/mol. The highest BCUT2D eigenvalue weighted by molar-refractivity contribution is 5.78. The number of hydrogen-bond donors (Lipinski definition) is 0. The summed E-state index contributed by atoms with van der Waals surface area (Å²) in [6, 6.07) is 5.92. The van der Waals surface area contributed by atoms with Crippen molar-refractivity contribution in [3.05, 3.63) is 23.8 Å². The number of fused-ring (bicyclic) bond motifs is 1. The van der Waals surface area contributed by atoms with E-state index >= 15 is 0 Å². The first-order valence-electron chi connectivity index (χ1n) is 10.5. The van der Waals surface area contributed by atoms with Crippen molar-refractivity contribution < 1.29 is 14.3 Å². The number of hydrogen-bond acceptors (Lipinski definition) is 5. The molecule has 1 fully saturated rings. The smallest absolute Gasteiger partial charge is 0.236 e. The van der Waals surface area contributed by atoms with E-state index < -0.39 is 0 Å². The molecule has 156 valence electrons. The molecule has 0 aromatic heterocycles. The minimum atomic E-state index is 0.0305. The summed E-state index contributed by atoms with van der Waals surface area (Å²) in [5.41, 5.74) is 1.10. The van der Waals surface area contributed by atoms with Crippen LogP contribution in [0.5, 0.6) is 11.5 Å². The summed E-state index contributed by atoms with van der Waals surface area (Å²) in [6.45, 7) is 10.4. The van der Waals surface area contributed by atoms with Gasteiger partial charge in [-0.2, -0.15) is 0 Å². The van der Waals surface area contributed by atoms with Gasteiger partial charge in [-0.25, -0.2) is 0 Å². The zero-order chi connectivity index (χ0) is 20.1. The second-order valence-corrected chi connectivity index (χ2v) is 8.25. The fourth-order valence-corrected chi connectivity index (χ4v) is 4.33. The van der Waals surface area contributed by atoms with Gasteiger partial charge in [0.15, 0.2) is 0 Å². The molecule has 28 heavy (non-hydrogen) atoms. The Bertz CT molecular complexity index is 666. The first kappa shape index (κ1) is 20.9. The number of carbonyl (C=O) groups is 1. The lowest BCUT2D eigenvalue weighted by Crippen LogP contribution is -2.45. The summed E-state index contributed by atoms with van der Waals surface area (Å²) >= 11 is 0. The third-order valence-electron chi connectivity index (χ3n) is 5.88. The second-order valence-electron chi connectivity index (χ2n) is 8.25. The lowest BCUT2D eigenvalue weighted by atomic mass is 9.97. The number of methoxy groups -OCH3 is 1. The van der Waals surface area contributed by atoms with Gasteiger partial charge in [0.05, 0.1) is 13.7 Å². The van der Waals surface area contributed by atoms with Gasteiger partial charge in [0.25, 0.3) is 0 Å². The summed E-state index contributed by atoms with van der Waals surface area (Å²) in [5.74, 6) is 2.43. The van der Waals surface area contributed by atoms with Crippen LogP contribution in [-0.2, 0) is 11.3 Å². The van der Waals surface area contributed by atoms with Gasteiger partial charge >= 0.3 is 0 Å². The first-order valence-corrected chi connectivity index (χ1v) is 10.5. The molecule has 2 unspecified atom stereocenters. The van der Waals surface area contributed by atoms with Gasteiger partial charge in [-0.1, -0.05) is 13.0 Å². The normalized spacial score (nSPS) is 23.4. The molecule has 1 aromatic carbocycles. The molecule has 0 bridgehead atoms. The second kappa shape index (κ2) is 9.61. The van der Waals surface area contributed by atoms with E-state index in [0.717, 1.165) is 49.8 Å². The van der Waals surface area contributed by atoms with E-state index in [2.05, 4.69) is 23.6 Å². The van der Waals surface area contributed by atoms with Crippen molar-refractivity contribution >= 4 is 5.91 Å². The van der Waals surface area contributed by atoms with E-state index in [4.69, 9.17) is 9.47 Å². The molecule has 3 rings (SSSR count). The molecule has 0 spiro atoms. The van der Waals surface area contributed by atoms with E-state index in [1.165, 1.54) is 19.4 Å². The summed E-state index contributed by atoms with van der Waals surface area (Å²) in [4.78, 5) is 19.5. The molecule has 0 N–H and O–H groups in total.